The summed E-state index contributed by atoms with van der Waals surface area (Å²) >= 11 is 0. The molecule has 0 amide bonds. The zero-order valence-corrected chi connectivity index (χ0v) is 10.9. The van der Waals surface area contributed by atoms with Crippen LogP contribution in [0, 0.1) is 17.6 Å². The summed E-state index contributed by atoms with van der Waals surface area (Å²) < 4.78 is 26.6. The zero-order chi connectivity index (χ0) is 13.0. The second-order valence-corrected chi connectivity index (χ2v) is 5.34. The third-order valence-corrected chi connectivity index (χ3v) is 3.92. The zero-order valence-electron chi connectivity index (χ0n) is 10.9. The van der Waals surface area contributed by atoms with Gasteiger partial charge in [0.1, 0.15) is 11.6 Å². The Morgan fingerprint density at radius 2 is 1.94 bits per heavy atom. The summed E-state index contributed by atoms with van der Waals surface area (Å²) in [5.41, 5.74) is 0.423. The second kappa shape index (κ2) is 6.28. The Labute approximate surface area is 108 Å². The average molecular weight is 253 g/mol. The first-order chi connectivity index (χ1) is 8.66. The van der Waals surface area contributed by atoms with Gasteiger partial charge < -0.3 is 5.32 Å². The maximum atomic E-state index is 13.5. The Kier molecular flexibility index (Phi) is 4.70. The van der Waals surface area contributed by atoms with Gasteiger partial charge in [0, 0.05) is 18.2 Å². The van der Waals surface area contributed by atoms with Crippen molar-refractivity contribution in [1.82, 2.24) is 5.32 Å². The highest BCUT2D eigenvalue weighted by atomic mass is 19.1. The summed E-state index contributed by atoms with van der Waals surface area (Å²) in [6.07, 6.45) is 6.17. The van der Waals surface area contributed by atoms with Gasteiger partial charge in [-0.25, -0.2) is 8.78 Å². The molecule has 1 fully saturated rings. The topological polar surface area (TPSA) is 12.0 Å². The van der Waals surface area contributed by atoms with Crippen molar-refractivity contribution in [3.63, 3.8) is 0 Å². The first-order valence-corrected chi connectivity index (χ1v) is 6.84. The Morgan fingerprint density at radius 3 is 2.78 bits per heavy atom. The molecule has 2 atom stereocenters. The van der Waals surface area contributed by atoms with E-state index in [1.54, 1.807) is 0 Å². The monoisotopic (exact) mass is 253 g/mol. The van der Waals surface area contributed by atoms with Crippen molar-refractivity contribution in [3.8, 4) is 0 Å². The molecule has 1 aromatic carbocycles. The van der Waals surface area contributed by atoms with Crippen molar-refractivity contribution in [2.45, 2.75) is 51.6 Å². The second-order valence-electron chi connectivity index (χ2n) is 5.34. The minimum Gasteiger partial charge on any atom is -0.310 e. The van der Waals surface area contributed by atoms with Crippen LogP contribution >= 0.6 is 0 Å². The van der Waals surface area contributed by atoms with E-state index in [-0.39, 0.29) is 11.6 Å². The maximum absolute atomic E-state index is 13.5. The molecule has 1 aliphatic rings. The highest BCUT2D eigenvalue weighted by Crippen LogP contribution is 2.23. The van der Waals surface area contributed by atoms with E-state index in [9.17, 15) is 8.78 Å². The minimum atomic E-state index is -0.373. The smallest absolute Gasteiger partial charge is 0.127 e. The predicted octanol–water partition coefficient (Wildman–Crippen LogP) is 4.02. The molecule has 0 bridgehead atoms. The van der Waals surface area contributed by atoms with Gasteiger partial charge in [0.05, 0.1) is 0 Å². The normalized spacial score (nSPS) is 24.8. The Bertz CT molecular complexity index is 392. The largest absolute Gasteiger partial charge is 0.310 e. The van der Waals surface area contributed by atoms with Crippen LogP contribution in [0.2, 0.25) is 0 Å². The van der Waals surface area contributed by atoms with Crippen LogP contribution in [-0.4, -0.2) is 6.04 Å². The first-order valence-electron chi connectivity index (χ1n) is 6.84. The highest BCUT2D eigenvalue weighted by molar-refractivity contribution is 5.18. The van der Waals surface area contributed by atoms with E-state index in [2.05, 4.69) is 12.2 Å². The van der Waals surface area contributed by atoms with Gasteiger partial charge in [0.25, 0.3) is 0 Å². The minimum absolute atomic E-state index is 0.329. The summed E-state index contributed by atoms with van der Waals surface area (Å²) in [5.74, 6) is -0.0867. The summed E-state index contributed by atoms with van der Waals surface area (Å²) in [7, 11) is 0. The fourth-order valence-electron chi connectivity index (χ4n) is 2.72. The average Bonchev–Trinajstić information content (AvgIpc) is 2.55. The van der Waals surface area contributed by atoms with Gasteiger partial charge in [0.2, 0.25) is 0 Å². The first kappa shape index (κ1) is 13.5. The van der Waals surface area contributed by atoms with Crippen LogP contribution in [0.5, 0.6) is 0 Å². The predicted molar refractivity (Wildman–Crippen MR) is 69.2 cm³/mol. The standard InChI is InChI=1S/C15H21F2N/c1-11-5-3-2-4-6-15(11)18-10-12-9-13(16)7-8-14(12)17/h7-9,11,15,18H,2-6,10H2,1H3. The van der Waals surface area contributed by atoms with Gasteiger partial charge in [-0.05, 0) is 37.0 Å². The van der Waals surface area contributed by atoms with Crippen molar-refractivity contribution < 1.29 is 8.78 Å². The van der Waals surface area contributed by atoms with Crippen LogP contribution in [0.15, 0.2) is 18.2 Å². The van der Waals surface area contributed by atoms with Gasteiger partial charge in [-0.3, -0.25) is 0 Å². The molecule has 1 nitrogen and oxygen atoms in total. The number of benzene rings is 1. The summed E-state index contributed by atoms with van der Waals surface area (Å²) in [5, 5.41) is 3.39. The lowest BCUT2D eigenvalue weighted by Gasteiger charge is -2.23. The SMILES string of the molecule is CC1CCCCCC1NCc1cc(F)ccc1F. The van der Waals surface area contributed by atoms with Crippen molar-refractivity contribution in [2.75, 3.05) is 0 Å². The van der Waals surface area contributed by atoms with Crippen LogP contribution < -0.4 is 5.32 Å². The number of rotatable bonds is 3. The van der Waals surface area contributed by atoms with Crippen LogP contribution in [0.4, 0.5) is 8.78 Å². The molecule has 1 N–H and O–H groups in total. The van der Waals surface area contributed by atoms with E-state index in [0.717, 1.165) is 12.5 Å². The third-order valence-electron chi connectivity index (χ3n) is 3.92. The molecule has 0 spiro atoms. The molecular formula is C15H21F2N. The number of hydrogen-bond acceptors (Lipinski definition) is 1. The molecule has 2 unspecified atom stereocenters. The fourth-order valence-corrected chi connectivity index (χ4v) is 2.72. The van der Waals surface area contributed by atoms with E-state index >= 15 is 0 Å². The summed E-state index contributed by atoms with van der Waals surface area (Å²) in [6.45, 7) is 2.66. The molecule has 0 radical (unpaired) electrons. The van der Waals surface area contributed by atoms with Crippen LogP contribution in [0.25, 0.3) is 0 Å². The molecule has 0 heterocycles. The lowest BCUT2D eigenvalue weighted by atomic mass is 9.97. The Hall–Kier alpha value is -0.960. The molecule has 0 aliphatic heterocycles. The molecular weight excluding hydrogens is 232 g/mol. The quantitative estimate of drug-likeness (QED) is 0.802. The molecule has 0 saturated heterocycles. The van der Waals surface area contributed by atoms with Crippen molar-refractivity contribution >= 4 is 0 Å². The molecule has 1 aromatic rings. The van der Waals surface area contributed by atoms with Gasteiger partial charge >= 0.3 is 0 Å². The van der Waals surface area contributed by atoms with Gasteiger partial charge in [0.15, 0.2) is 0 Å². The van der Waals surface area contributed by atoms with Gasteiger partial charge in [-0.1, -0.05) is 26.2 Å². The Balaban J connectivity index is 1.95. The lowest BCUT2D eigenvalue weighted by molar-refractivity contribution is 0.353. The van der Waals surface area contributed by atoms with Gasteiger partial charge in [-0.2, -0.15) is 0 Å². The van der Waals surface area contributed by atoms with E-state index < -0.39 is 0 Å². The number of nitrogens with one attached hydrogen (secondary N) is 1. The van der Waals surface area contributed by atoms with Crippen molar-refractivity contribution in [3.05, 3.63) is 35.4 Å². The number of hydrogen-bond donors (Lipinski definition) is 1. The van der Waals surface area contributed by atoms with Crippen LogP contribution in [-0.2, 0) is 6.54 Å². The van der Waals surface area contributed by atoms with E-state index in [0.29, 0.717) is 24.1 Å². The molecule has 2 rings (SSSR count). The molecule has 1 saturated carbocycles. The van der Waals surface area contributed by atoms with E-state index in [1.165, 1.54) is 37.8 Å². The van der Waals surface area contributed by atoms with E-state index in [1.807, 2.05) is 0 Å². The third kappa shape index (κ3) is 3.52. The maximum Gasteiger partial charge on any atom is 0.127 e. The highest BCUT2D eigenvalue weighted by Gasteiger charge is 2.19. The molecule has 1 aliphatic carbocycles. The summed E-state index contributed by atoms with van der Waals surface area (Å²) in [4.78, 5) is 0. The molecule has 100 valence electrons. The Morgan fingerprint density at radius 1 is 1.17 bits per heavy atom. The van der Waals surface area contributed by atoms with Crippen molar-refractivity contribution in [1.29, 1.82) is 0 Å². The van der Waals surface area contributed by atoms with Crippen LogP contribution in [0.1, 0.15) is 44.6 Å². The molecule has 3 heteroatoms. The fraction of sp³-hybridized carbons (Fsp3) is 0.600. The number of halogens is 2. The molecule has 18 heavy (non-hydrogen) atoms. The molecule has 0 aromatic heterocycles. The van der Waals surface area contributed by atoms with Crippen LogP contribution in [0.3, 0.4) is 0 Å². The van der Waals surface area contributed by atoms with E-state index in [4.69, 9.17) is 0 Å². The summed E-state index contributed by atoms with van der Waals surface area (Å²) in [6, 6.07) is 4.06. The van der Waals surface area contributed by atoms with Gasteiger partial charge in [-0.15, -0.1) is 0 Å². The van der Waals surface area contributed by atoms with Crippen molar-refractivity contribution in [2.24, 2.45) is 5.92 Å². The lowest BCUT2D eigenvalue weighted by Crippen LogP contribution is -2.34.